The zero-order valence-electron chi connectivity index (χ0n) is 11.2. The highest BCUT2D eigenvalue weighted by molar-refractivity contribution is 5.78. The van der Waals surface area contributed by atoms with Gasteiger partial charge in [0.1, 0.15) is 5.75 Å². The molecular weight excluding hydrogens is 240 g/mol. The molecule has 0 spiro atoms. The average molecular weight is 260 g/mol. The summed E-state index contributed by atoms with van der Waals surface area (Å²) in [4.78, 5) is 11.3. The quantitative estimate of drug-likeness (QED) is 0.846. The van der Waals surface area contributed by atoms with Gasteiger partial charge in [-0.05, 0) is 36.5 Å². The van der Waals surface area contributed by atoms with Crippen LogP contribution in [0.15, 0.2) is 24.3 Å². The lowest BCUT2D eigenvalue weighted by Gasteiger charge is -2.22. The maximum atomic E-state index is 11.3. The Morgan fingerprint density at radius 3 is 2.58 bits per heavy atom. The van der Waals surface area contributed by atoms with E-state index in [1.54, 1.807) is 7.11 Å². The van der Waals surface area contributed by atoms with Crippen molar-refractivity contribution in [3.63, 3.8) is 0 Å². The second-order valence-corrected chi connectivity index (χ2v) is 5.46. The third-order valence-electron chi connectivity index (χ3n) is 3.96. The van der Waals surface area contributed by atoms with Crippen molar-refractivity contribution in [1.82, 2.24) is 10.6 Å². The standard InChI is InChI=1S/C15H20N2O2/c1-19-13-6-4-11(5-7-13)15(10-2-3-10)17-12-8-14(18)16-9-12/h4-7,10,12,15,17H,2-3,8-9H2,1H3,(H,16,18). The van der Waals surface area contributed by atoms with Gasteiger partial charge in [0, 0.05) is 25.0 Å². The summed E-state index contributed by atoms with van der Waals surface area (Å²) in [7, 11) is 1.68. The van der Waals surface area contributed by atoms with Crippen LogP contribution in [0.4, 0.5) is 0 Å². The number of benzene rings is 1. The summed E-state index contributed by atoms with van der Waals surface area (Å²) in [5, 5.41) is 6.52. The van der Waals surface area contributed by atoms with E-state index >= 15 is 0 Å². The fourth-order valence-corrected chi connectivity index (χ4v) is 2.72. The third kappa shape index (κ3) is 2.89. The Kier molecular flexibility index (Phi) is 3.42. The van der Waals surface area contributed by atoms with Crippen LogP contribution in [0.5, 0.6) is 5.75 Å². The summed E-state index contributed by atoms with van der Waals surface area (Å²) in [5.41, 5.74) is 1.29. The maximum Gasteiger partial charge on any atom is 0.221 e. The summed E-state index contributed by atoms with van der Waals surface area (Å²) in [6.07, 6.45) is 3.15. The van der Waals surface area contributed by atoms with Gasteiger partial charge in [0.05, 0.1) is 7.11 Å². The van der Waals surface area contributed by atoms with Crippen LogP contribution >= 0.6 is 0 Å². The Hall–Kier alpha value is -1.55. The molecule has 2 atom stereocenters. The number of carbonyl (C=O) groups excluding carboxylic acids is 1. The molecule has 1 saturated heterocycles. The smallest absolute Gasteiger partial charge is 0.221 e. The minimum Gasteiger partial charge on any atom is -0.497 e. The zero-order chi connectivity index (χ0) is 13.2. The number of nitrogens with one attached hydrogen (secondary N) is 2. The van der Waals surface area contributed by atoms with Crippen LogP contribution in [0.3, 0.4) is 0 Å². The van der Waals surface area contributed by atoms with Gasteiger partial charge in [0.15, 0.2) is 0 Å². The van der Waals surface area contributed by atoms with Crippen molar-refractivity contribution in [2.45, 2.75) is 31.3 Å². The van der Waals surface area contributed by atoms with Gasteiger partial charge in [0.25, 0.3) is 0 Å². The first-order valence-corrected chi connectivity index (χ1v) is 6.93. The number of methoxy groups -OCH3 is 1. The molecule has 1 heterocycles. The van der Waals surface area contributed by atoms with Crippen LogP contribution in [-0.4, -0.2) is 25.6 Å². The lowest BCUT2D eigenvalue weighted by atomic mass is 10.0. The Balaban J connectivity index is 1.71. The molecule has 1 aliphatic carbocycles. The molecule has 1 aliphatic heterocycles. The summed E-state index contributed by atoms with van der Waals surface area (Å²) >= 11 is 0. The summed E-state index contributed by atoms with van der Waals surface area (Å²) in [5.74, 6) is 1.75. The number of hydrogen-bond acceptors (Lipinski definition) is 3. The Morgan fingerprint density at radius 2 is 2.05 bits per heavy atom. The first-order valence-electron chi connectivity index (χ1n) is 6.93. The van der Waals surface area contributed by atoms with Crippen LogP contribution in [0.2, 0.25) is 0 Å². The van der Waals surface area contributed by atoms with E-state index < -0.39 is 0 Å². The van der Waals surface area contributed by atoms with Crippen molar-refractivity contribution >= 4 is 5.91 Å². The van der Waals surface area contributed by atoms with Gasteiger partial charge in [-0.1, -0.05) is 12.1 Å². The average Bonchev–Trinajstić information content (AvgIpc) is 3.20. The molecule has 4 nitrogen and oxygen atoms in total. The molecule has 0 bridgehead atoms. The maximum absolute atomic E-state index is 11.3. The fraction of sp³-hybridized carbons (Fsp3) is 0.533. The van der Waals surface area contributed by atoms with Gasteiger partial charge in [-0.3, -0.25) is 4.79 Å². The van der Waals surface area contributed by atoms with E-state index in [1.165, 1.54) is 18.4 Å². The Labute approximate surface area is 113 Å². The molecule has 2 aliphatic rings. The molecule has 1 saturated carbocycles. The predicted octanol–water partition coefficient (Wildman–Crippen LogP) is 1.62. The van der Waals surface area contributed by atoms with Crippen molar-refractivity contribution in [2.24, 2.45) is 5.92 Å². The van der Waals surface area contributed by atoms with E-state index in [0.29, 0.717) is 18.4 Å². The number of hydrogen-bond donors (Lipinski definition) is 2. The van der Waals surface area contributed by atoms with Gasteiger partial charge in [-0.15, -0.1) is 0 Å². The minimum atomic E-state index is 0.154. The van der Waals surface area contributed by atoms with Crippen molar-refractivity contribution < 1.29 is 9.53 Å². The second kappa shape index (κ2) is 5.21. The topological polar surface area (TPSA) is 50.4 Å². The van der Waals surface area contributed by atoms with E-state index in [4.69, 9.17) is 4.74 Å². The van der Waals surface area contributed by atoms with E-state index in [1.807, 2.05) is 12.1 Å². The molecule has 2 N–H and O–H groups in total. The molecule has 3 rings (SSSR count). The molecule has 0 aromatic heterocycles. The molecule has 1 amide bonds. The van der Waals surface area contributed by atoms with Crippen LogP contribution in [0.1, 0.15) is 30.9 Å². The molecule has 1 aromatic rings. The summed E-state index contributed by atoms with van der Waals surface area (Å²) < 4.78 is 5.20. The van der Waals surface area contributed by atoms with Gasteiger partial charge < -0.3 is 15.4 Å². The monoisotopic (exact) mass is 260 g/mol. The van der Waals surface area contributed by atoms with Crippen LogP contribution in [0, 0.1) is 5.92 Å². The van der Waals surface area contributed by atoms with Gasteiger partial charge in [-0.25, -0.2) is 0 Å². The molecule has 0 radical (unpaired) electrons. The minimum absolute atomic E-state index is 0.154. The van der Waals surface area contributed by atoms with Crippen LogP contribution in [-0.2, 0) is 4.79 Å². The van der Waals surface area contributed by atoms with E-state index in [0.717, 1.165) is 12.3 Å². The molecule has 1 aromatic carbocycles. The largest absolute Gasteiger partial charge is 0.497 e. The van der Waals surface area contributed by atoms with Gasteiger partial charge in [-0.2, -0.15) is 0 Å². The van der Waals surface area contributed by atoms with Crippen molar-refractivity contribution in [2.75, 3.05) is 13.7 Å². The lowest BCUT2D eigenvalue weighted by molar-refractivity contribution is -0.119. The van der Waals surface area contributed by atoms with E-state index in [-0.39, 0.29) is 11.9 Å². The summed E-state index contributed by atoms with van der Waals surface area (Å²) in [6, 6.07) is 8.89. The molecule has 2 fully saturated rings. The normalized spacial score (nSPS) is 24.1. The SMILES string of the molecule is COc1ccc(C(NC2CNC(=O)C2)C2CC2)cc1. The van der Waals surface area contributed by atoms with Crippen LogP contribution < -0.4 is 15.4 Å². The van der Waals surface area contributed by atoms with E-state index in [2.05, 4.69) is 22.8 Å². The third-order valence-corrected chi connectivity index (χ3v) is 3.96. The number of amides is 1. The predicted molar refractivity (Wildman–Crippen MR) is 73.0 cm³/mol. The molecule has 19 heavy (non-hydrogen) atoms. The van der Waals surface area contributed by atoms with Gasteiger partial charge in [0.2, 0.25) is 5.91 Å². The first-order chi connectivity index (χ1) is 9.26. The highest BCUT2D eigenvalue weighted by Gasteiger charge is 2.35. The Morgan fingerprint density at radius 1 is 1.32 bits per heavy atom. The molecule has 4 heteroatoms. The highest BCUT2D eigenvalue weighted by Crippen LogP contribution is 2.41. The van der Waals surface area contributed by atoms with Crippen LogP contribution in [0.25, 0.3) is 0 Å². The zero-order valence-corrected chi connectivity index (χ0v) is 11.2. The van der Waals surface area contributed by atoms with Gasteiger partial charge >= 0.3 is 0 Å². The van der Waals surface area contributed by atoms with E-state index in [9.17, 15) is 4.79 Å². The van der Waals surface area contributed by atoms with Crippen molar-refractivity contribution in [3.8, 4) is 5.75 Å². The van der Waals surface area contributed by atoms with Crippen molar-refractivity contribution in [3.05, 3.63) is 29.8 Å². The second-order valence-electron chi connectivity index (χ2n) is 5.46. The number of rotatable bonds is 5. The number of carbonyl (C=O) groups is 1. The fourth-order valence-electron chi connectivity index (χ4n) is 2.72. The number of ether oxygens (including phenoxy) is 1. The molecule has 2 unspecified atom stereocenters. The molecular formula is C15H20N2O2. The lowest BCUT2D eigenvalue weighted by Crippen LogP contribution is -2.35. The Bertz CT molecular complexity index is 454. The highest BCUT2D eigenvalue weighted by atomic mass is 16.5. The first kappa shape index (κ1) is 12.5. The van der Waals surface area contributed by atoms with Crippen molar-refractivity contribution in [1.29, 1.82) is 0 Å². The molecule has 102 valence electrons. The summed E-state index contributed by atoms with van der Waals surface area (Å²) in [6.45, 7) is 0.748.